The number of Topliss-reactive ketones (excluding diaryl/α,β-unsaturated/α-hetero) is 1. The molecule has 0 bridgehead atoms. The second-order valence-electron chi connectivity index (χ2n) is 7.83. The second-order valence-corrected chi connectivity index (χ2v) is 7.83. The van der Waals surface area contributed by atoms with Gasteiger partial charge in [0.15, 0.2) is 5.76 Å². The maximum atomic E-state index is 13.0. The summed E-state index contributed by atoms with van der Waals surface area (Å²) in [7, 11) is 1.67. The van der Waals surface area contributed by atoms with Gasteiger partial charge in [0.25, 0.3) is 0 Å². The molecule has 0 spiro atoms. The first-order valence-electron chi connectivity index (χ1n) is 10.2. The lowest BCUT2D eigenvalue weighted by molar-refractivity contribution is 0.0869. The van der Waals surface area contributed by atoms with Gasteiger partial charge in [-0.25, -0.2) is 0 Å². The van der Waals surface area contributed by atoms with Crippen molar-refractivity contribution in [2.24, 2.45) is 0 Å². The molecule has 0 atom stereocenters. The summed E-state index contributed by atoms with van der Waals surface area (Å²) in [6, 6.07) is 13.5. The van der Waals surface area contributed by atoms with Crippen LogP contribution in [0.4, 0.5) is 0 Å². The minimum atomic E-state index is -0.142. The van der Waals surface area contributed by atoms with E-state index in [0.29, 0.717) is 36.9 Å². The fraction of sp³-hybridized carbons (Fsp3) is 0.240. The average Bonchev–Trinajstić information content (AvgIpc) is 3.32. The molecule has 6 nitrogen and oxygen atoms in total. The van der Waals surface area contributed by atoms with Gasteiger partial charge in [0, 0.05) is 35.9 Å². The van der Waals surface area contributed by atoms with Crippen molar-refractivity contribution >= 4 is 11.9 Å². The van der Waals surface area contributed by atoms with Crippen LogP contribution in [-0.2, 0) is 13.1 Å². The van der Waals surface area contributed by atoms with E-state index in [-0.39, 0.29) is 11.5 Å². The molecule has 3 aromatic rings. The number of para-hydroxylation sites is 1. The summed E-state index contributed by atoms with van der Waals surface area (Å²) in [4.78, 5) is 15.2. The van der Waals surface area contributed by atoms with Crippen LogP contribution in [0, 0.1) is 13.8 Å². The van der Waals surface area contributed by atoms with Crippen LogP contribution >= 0.6 is 0 Å². The predicted molar refractivity (Wildman–Crippen MR) is 115 cm³/mol. The fourth-order valence-corrected chi connectivity index (χ4v) is 4.13. The Morgan fingerprint density at radius 1 is 1.13 bits per heavy atom. The Hall–Kier alpha value is -3.51. The zero-order valence-electron chi connectivity index (χ0n) is 17.7. The molecule has 0 saturated heterocycles. The van der Waals surface area contributed by atoms with Gasteiger partial charge in [-0.1, -0.05) is 18.2 Å². The van der Waals surface area contributed by atoms with Gasteiger partial charge >= 0.3 is 0 Å². The Kier molecular flexibility index (Phi) is 4.79. The van der Waals surface area contributed by atoms with Gasteiger partial charge in [0.1, 0.15) is 35.5 Å². The molecule has 0 unspecified atom stereocenters. The number of aryl methyl sites for hydroxylation is 1. The number of hydrogen-bond acceptors (Lipinski definition) is 6. The number of methoxy groups -OCH3 is 1. The molecule has 2 aromatic carbocycles. The van der Waals surface area contributed by atoms with Gasteiger partial charge in [-0.15, -0.1) is 0 Å². The Morgan fingerprint density at radius 2 is 1.97 bits per heavy atom. The molecule has 6 heteroatoms. The molecule has 2 aliphatic rings. The molecule has 0 amide bonds. The highest BCUT2D eigenvalue weighted by Gasteiger charge is 2.34. The van der Waals surface area contributed by atoms with Crippen molar-refractivity contribution in [1.82, 2.24) is 4.90 Å². The molecular weight excluding hydrogens is 394 g/mol. The van der Waals surface area contributed by atoms with Gasteiger partial charge in [-0.3, -0.25) is 9.69 Å². The van der Waals surface area contributed by atoms with Crippen molar-refractivity contribution in [3.63, 3.8) is 0 Å². The van der Waals surface area contributed by atoms with Crippen LogP contribution in [0.15, 0.2) is 52.6 Å². The molecule has 1 aromatic heterocycles. The molecule has 2 aliphatic heterocycles. The molecule has 3 heterocycles. The Bertz CT molecular complexity index is 1210. The number of fused-ring (bicyclic) bond motifs is 2. The molecule has 0 aliphatic carbocycles. The summed E-state index contributed by atoms with van der Waals surface area (Å²) in [5.74, 6) is 3.71. The largest absolute Gasteiger partial charge is 0.496 e. The van der Waals surface area contributed by atoms with Crippen LogP contribution in [0.3, 0.4) is 0 Å². The highest BCUT2D eigenvalue weighted by Crippen LogP contribution is 2.43. The van der Waals surface area contributed by atoms with Gasteiger partial charge in [0.2, 0.25) is 5.78 Å². The zero-order chi connectivity index (χ0) is 21.5. The standard InChI is InChI=1S/C25H23NO5/c1-15-8-9-19(30-15)11-22-23(27)20-10-18-13-26(12-17-6-4-5-7-21(17)28-3)14-29-24(18)16(2)25(20)31-22/h4-11H,12-14H2,1-3H3/b22-11-. The van der Waals surface area contributed by atoms with Crippen molar-refractivity contribution in [2.45, 2.75) is 26.9 Å². The third-order valence-corrected chi connectivity index (χ3v) is 5.62. The van der Waals surface area contributed by atoms with E-state index < -0.39 is 0 Å². The summed E-state index contributed by atoms with van der Waals surface area (Å²) >= 11 is 0. The number of benzene rings is 2. The molecule has 0 saturated carbocycles. The average molecular weight is 417 g/mol. The van der Waals surface area contributed by atoms with E-state index in [1.807, 2.05) is 56.3 Å². The van der Waals surface area contributed by atoms with Gasteiger partial charge in [-0.2, -0.15) is 0 Å². The quantitative estimate of drug-likeness (QED) is 0.564. The van der Waals surface area contributed by atoms with Crippen LogP contribution in [0.1, 0.15) is 38.6 Å². The van der Waals surface area contributed by atoms with Crippen LogP contribution in [-0.4, -0.2) is 24.5 Å². The highest BCUT2D eigenvalue weighted by molar-refractivity contribution is 6.15. The van der Waals surface area contributed by atoms with E-state index in [4.69, 9.17) is 18.6 Å². The number of ketones is 1. The number of rotatable bonds is 4. The SMILES string of the molecule is COc1ccccc1CN1COc2c(cc3c(c2C)O/C(=C\c2ccc(C)o2)C3=O)C1. The zero-order valence-corrected chi connectivity index (χ0v) is 17.7. The number of carbonyl (C=O) groups excluding carboxylic acids is 1. The molecule has 0 fully saturated rings. The summed E-state index contributed by atoms with van der Waals surface area (Å²) in [5.41, 5.74) is 3.48. The van der Waals surface area contributed by atoms with E-state index in [2.05, 4.69) is 4.90 Å². The third kappa shape index (κ3) is 3.49. The van der Waals surface area contributed by atoms with Crippen LogP contribution in [0.2, 0.25) is 0 Å². The normalized spacial score (nSPS) is 16.6. The molecule has 5 rings (SSSR count). The monoisotopic (exact) mass is 417 g/mol. The van der Waals surface area contributed by atoms with E-state index in [0.717, 1.165) is 33.9 Å². The van der Waals surface area contributed by atoms with Gasteiger partial charge < -0.3 is 18.6 Å². The molecule has 158 valence electrons. The van der Waals surface area contributed by atoms with E-state index in [1.54, 1.807) is 13.2 Å². The lowest BCUT2D eigenvalue weighted by atomic mass is 10.00. The van der Waals surface area contributed by atoms with Crippen molar-refractivity contribution in [3.05, 3.63) is 82.0 Å². The number of furan rings is 1. The maximum Gasteiger partial charge on any atom is 0.232 e. The number of hydrogen-bond donors (Lipinski definition) is 0. The minimum absolute atomic E-state index is 0.142. The van der Waals surface area contributed by atoms with E-state index in [9.17, 15) is 4.79 Å². The lowest BCUT2D eigenvalue weighted by Crippen LogP contribution is -2.32. The minimum Gasteiger partial charge on any atom is -0.496 e. The maximum absolute atomic E-state index is 13.0. The third-order valence-electron chi connectivity index (χ3n) is 5.62. The number of allylic oxidation sites excluding steroid dienone is 1. The van der Waals surface area contributed by atoms with Crippen molar-refractivity contribution < 1.29 is 23.4 Å². The fourth-order valence-electron chi connectivity index (χ4n) is 4.13. The highest BCUT2D eigenvalue weighted by atomic mass is 16.5. The summed E-state index contributed by atoms with van der Waals surface area (Å²) < 4.78 is 23.0. The summed E-state index contributed by atoms with van der Waals surface area (Å²) in [5, 5.41) is 0. The number of nitrogens with zero attached hydrogens (tertiary/aromatic N) is 1. The Balaban J connectivity index is 1.42. The summed E-state index contributed by atoms with van der Waals surface area (Å²) in [6.07, 6.45) is 1.64. The molecule has 0 N–H and O–H groups in total. The molecule has 0 radical (unpaired) electrons. The van der Waals surface area contributed by atoms with Crippen molar-refractivity contribution in [2.75, 3.05) is 13.8 Å². The first-order valence-corrected chi connectivity index (χ1v) is 10.2. The smallest absolute Gasteiger partial charge is 0.232 e. The second kappa shape index (κ2) is 7.63. The topological polar surface area (TPSA) is 61.1 Å². The van der Waals surface area contributed by atoms with E-state index >= 15 is 0 Å². The van der Waals surface area contributed by atoms with Crippen molar-refractivity contribution in [3.8, 4) is 17.2 Å². The number of ether oxygens (including phenoxy) is 3. The predicted octanol–water partition coefficient (Wildman–Crippen LogP) is 4.87. The molecular formula is C25H23NO5. The Morgan fingerprint density at radius 3 is 2.74 bits per heavy atom. The van der Waals surface area contributed by atoms with E-state index in [1.165, 1.54) is 0 Å². The van der Waals surface area contributed by atoms with Crippen LogP contribution < -0.4 is 14.2 Å². The van der Waals surface area contributed by atoms with Gasteiger partial charge in [-0.05, 0) is 38.1 Å². The lowest BCUT2D eigenvalue weighted by Gasteiger charge is -2.30. The Labute approximate surface area is 180 Å². The molecule has 31 heavy (non-hydrogen) atoms. The first kappa shape index (κ1) is 19.5. The van der Waals surface area contributed by atoms with Gasteiger partial charge in [0.05, 0.1) is 12.7 Å². The van der Waals surface area contributed by atoms with Crippen LogP contribution in [0.5, 0.6) is 17.2 Å². The van der Waals surface area contributed by atoms with Crippen LogP contribution in [0.25, 0.3) is 6.08 Å². The first-order chi connectivity index (χ1) is 15.0. The number of carbonyl (C=O) groups is 1. The van der Waals surface area contributed by atoms with Crippen molar-refractivity contribution in [1.29, 1.82) is 0 Å². The summed E-state index contributed by atoms with van der Waals surface area (Å²) in [6.45, 7) is 5.60.